The molecule has 0 unspecified atom stereocenters. The van der Waals surface area contributed by atoms with Gasteiger partial charge in [-0.25, -0.2) is 0 Å². The number of hydrogen-bond acceptors (Lipinski definition) is 3. The van der Waals surface area contributed by atoms with E-state index < -0.39 is 0 Å². The summed E-state index contributed by atoms with van der Waals surface area (Å²) >= 11 is 5.48. The lowest BCUT2D eigenvalue weighted by molar-refractivity contribution is 0.516. The number of benzene rings is 1. The molecule has 90 valence electrons. The number of halogens is 1. The Hall–Kier alpha value is -0.660. The van der Waals surface area contributed by atoms with Crippen LogP contribution in [-0.2, 0) is 0 Å². The molecule has 0 amide bonds. The van der Waals surface area contributed by atoms with Crippen molar-refractivity contribution >= 4 is 33.4 Å². The molecule has 0 radical (unpaired) electrons. The van der Waals surface area contributed by atoms with Crippen LogP contribution < -0.4 is 5.32 Å². The molecule has 1 aromatic rings. The number of thioether (sulfide) groups is 1. The molecular weight excluding hydrogens is 296 g/mol. The zero-order valence-corrected chi connectivity index (χ0v) is 12.0. The van der Waals surface area contributed by atoms with E-state index in [9.17, 15) is 0 Å². The molecule has 1 aliphatic rings. The van der Waals surface area contributed by atoms with Crippen LogP contribution in [0, 0.1) is 17.2 Å². The van der Waals surface area contributed by atoms with Gasteiger partial charge in [0.15, 0.2) is 0 Å². The maximum absolute atomic E-state index is 8.90. The summed E-state index contributed by atoms with van der Waals surface area (Å²) in [5.74, 6) is 3.35. The van der Waals surface area contributed by atoms with Gasteiger partial charge in [0.05, 0.1) is 11.6 Å². The maximum Gasteiger partial charge on any atom is 0.0992 e. The van der Waals surface area contributed by atoms with Crippen LogP contribution in [0.15, 0.2) is 22.7 Å². The van der Waals surface area contributed by atoms with Gasteiger partial charge in [-0.2, -0.15) is 17.0 Å². The number of rotatable bonds is 3. The van der Waals surface area contributed by atoms with E-state index >= 15 is 0 Å². The molecule has 0 saturated carbocycles. The first-order valence-electron chi connectivity index (χ1n) is 5.80. The van der Waals surface area contributed by atoms with Gasteiger partial charge >= 0.3 is 0 Å². The molecule has 1 saturated heterocycles. The predicted octanol–water partition coefficient (Wildman–Crippen LogP) is 3.88. The van der Waals surface area contributed by atoms with Crippen molar-refractivity contribution < 1.29 is 0 Å². The van der Waals surface area contributed by atoms with E-state index in [0.29, 0.717) is 5.56 Å². The van der Waals surface area contributed by atoms with Crippen molar-refractivity contribution in [1.29, 1.82) is 5.26 Å². The minimum absolute atomic E-state index is 0.695. The Kier molecular flexibility index (Phi) is 4.75. The van der Waals surface area contributed by atoms with E-state index in [2.05, 4.69) is 39.1 Å². The summed E-state index contributed by atoms with van der Waals surface area (Å²) in [7, 11) is 0. The van der Waals surface area contributed by atoms with E-state index in [0.717, 1.165) is 22.6 Å². The van der Waals surface area contributed by atoms with Crippen LogP contribution in [-0.4, -0.2) is 18.1 Å². The van der Waals surface area contributed by atoms with E-state index in [1.165, 1.54) is 24.3 Å². The molecular formula is C13H15BrN2S. The Balaban J connectivity index is 1.94. The maximum atomic E-state index is 8.90. The molecule has 1 heterocycles. The number of nitrogens with zero attached hydrogens (tertiary/aromatic N) is 1. The smallest absolute Gasteiger partial charge is 0.0992 e. The summed E-state index contributed by atoms with van der Waals surface area (Å²) in [6.45, 7) is 1.02. The van der Waals surface area contributed by atoms with Crippen LogP contribution in [0.1, 0.15) is 18.4 Å². The molecule has 1 aliphatic heterocycles. The SMILES string of the molecule is N#Cc1cc(Br)cc(NCC2CCSCC2)c1. The van der Waals surface area contributed by atoms with Gasteiger partial charge in [-0.1, -0.05) is 15.9 Å². The molecule has 0 aromatic heterocycles. The summed E-state index contributed by atoms with van der Waals surface area (Å²) in [6, 6.07) is 7.94. The molecule has 2 nitrogen and oxygen atoms in total. The molecule has 0 spiro atoms. The fraction of sp³-hybridized carbons (Fsp3) is 0.462. The van der Waals surface area contributed by atoms with Crippen molar-refractivity contribution in [1.82, 2.24) is 0 Å². The second kappa shape index (κ2) is 6.32. The third-order valence-corrected chi connectivity index (χ3v) is 4.47. The van der Waals surface area contributed by atoms with Crippen molar-refractivity contribution in [2.45, 2.75) is 12.8 Å². The highest BCUT2D eigenvalue weighted by molar-refractivity contribution is 9.10. The summed E-state index contributed by atoms with van der Waals surface area (Å²) < 4.78 is 0.957. The standard InChI is InChI=1S/C13H15BrN2S/c14-12-5-11(8-15)6-13(7-12)16-9-10-1-3-17-4-2-10/h5-7,10,16H,1-4,9H2. The summed E-state index contributed by atoms with van der Waals surface area (Å²) in [4.78, 5) is 0. The Bertz CT molecular complexity index is 422. The highest BCUT2D eigenvalue weighted by atomic mass is 79.9. The quantitative estimate of drug-likeness (QED) is 0.920. The number of anilines is 1. The molecule has 1 N–H and O–H groups in total. The van der Waals surface area contributed by atoms with E-state index in [-0.39, 0.29) is 0 Å². The van der Waals surface area contributed by atoms with Gasteiger partial charge in [0.2, 0.25) is 0 Å². The summed E-state index contributed by atoms with van der Waals surface area (Å²) in [6.07, 6.45) is 2.60. The van der Waals surface area contributed by atoms with Gasteiger partial charge in [-0.15, -0.1) is 0 Å². The molecule has 4 heteroatoms. The minimum atomic E-state index is 0.695. The molecule has 2 rings (SSSR count). The normalized spacial score (nSPS) is 16.5. The Morgan fingerprint density at radius 3 is 2.82 bits per heavy atom. The average molecular weight is 311 g/mol. The van der Waals surface area contributed by atoms with Gasteiger partial charge in [0.1, 0.15) is 0 Å². The fourth-order valence-electron chi connectivity index (χ4n) is 1.97. The highest BCUT2D eigenvalue weighted by Gasteiger charge is 2.13. The lowest BCUT2D eigenvalue weighted by Gasteiger charge is -2.22. The topological polar surface area (TPSA) is 35.8 Å². The molecule has 17 heavy (non-hydrogen) atoms. The highest BCUT2D eigenvalue weighted by Crippen LogP contribution is 2.24. The van der Waals surface area contributed by atoms with Crippen molar-refractivity contribution in [2.24, 2.45) is 5.92 Å². The van der Waals surface area contributed by atoms with Gasteiger partial charge in [-0.05, 0) is 48.5 Å². The second-order valence-corrected chi connectivity index (χ2v) is 6.42. The Morgan fingerprint density at radius 2 is 2.12 bits per heavy atom. The predicted molar refractivity (Wildman–Crippen MR) is 77.4 cm³/mol. The molecule has 0 bridgehead atoms. The Labute approximate surface area is 115 Å². The monoisotopic (exact) mass is 310 g/mol. The average Bonchev–Trinajstić information content (AvgIpc) is 2.37. The molecule has 0 atom stereocenters. The lowest BCUT2D eigenvalue weighted by Crippen LogP contribution is -2.19. The fourth-order valence-corrected chi connectivity index (χ4v) is 3.67. The third-order valence-electron chi connectivity index (χ3n) is 2.96. The van der Waals surface area contributed by atoms with Crippen LogP contribution in [0.25, 0.3) is 0 Å². The molecule has 1 aromatic carbocycles. The lowest BCUT2D eigenvalue weighted by atomic mass is 10.0. The second-order valence-electron chi connectivity index (χ2n) is 4.28. The van der Waals surface area contributed by atoms with Gasteiger partial charge in [-0.3, -0.25) is 0 Å². The Morgan fingerprint density at radius 1 is 1.35 bits per heavy atom. The van der Waals surface area contributed by atoms with Crippen LogP contribution in [0.3, 0.4) is 0 Å². The van der Waals surface area contributed by atoms with Gasteiger partial charge in [0.25, 0.3) is 0 Å². The molecule has 0 aliphatic carbocycles. The van der Waals surface area contributed by atoms with Crippen LogP contribution >= 0.6 is 27.7 Å². The van der Waals surface area contributed by atoms with E-state index in [4.69, 9.17) is 5.26 Å². The first-order valence-corrected chi connectivity index (χ1v) is 7.75. The van der Waals surface area contributed by atoms with Crippen molar-refractivity contribution in [2.75, 3.05) is 23.4 Å². The number of hydrogen-bond donors (Lipinski definition) is 1. The summed E-state index contributed by atoms with van der Waals surface area (Å²) in [5, 5.41) is 12.3. The van der Waals surface area contributed by atoms with Gasteiger partial charge < -0.3 is 5.32 Å². The van der Waals surface area contributed by atoms with Crippen LogP contribution in [0.4, 0.5) is 5.69 Å². The number of nitriles is 1. The van der Waals surface area contributed by atoms with Crippen LogP contribution in [0.2, 0.25) is 0 Å². The summed E-state index contributed by atoms with van der Waals surface area (Å²) in [5.41, 5.74) is 1.73. The van der Waals surface area contributed by atoms with Crippen molar-refractivity contribution in [3.05, 3.63) is 28.2 Å². The molecule has 1 fully saturated rings. The number of nitrogens with one attached hydrogen (secondary N) is 1. The van der Waals surface area contributed by atoms with Crippen molar-refractivity contribution in [3.8, 4) is 6.07 Å². The third kappa shape index (κ3) is 3.93. The van der Waals surface area contributed by atoms with Gasteiger partial charge in [0, 0.05) is 16.7 Å². The first-order chi connectivity index (χ1) is 8.28. The van der Waals surface area contributed by atoms with E-state index in [1.54, 1.807) is 0 Å². The largest absolute Gasteiger partial charge is 0.385 e. The zero-order chi connectivity index (χ0) is 12.1. The van der Waals surface area contributed by atoms with E-state index in [1.807, 2.05) is 18.2 Å². The van der Waals surface area contributed by atoms with Crippen LogP contribution in [0.5, 0.6) is 0 Å². The minimum Gasteiger partial charge on any atom is -0.385 e. The zero-order valence-electron chi connectivity index (χ0n) is 9.58. The van der Waals surface area contributed by atoms with Crippen molar-refractivity contribution in [3.63, 3.8) is 0 Å². The first kappa shape index (κ1) is 12.8.